The third-order valence-corrected chi connectivity index (χ3v) is 1.63. The molecule has 1 aliphatic rings. The minimum absolute atomic E-state index is 0.976. The molecule has 0 atom stereocenters. The molecule has 0 N–H and O–H groups in total. The van der Waals surface area contributed by atoms with Crippen molar-refractivity contribution in [3.05, 3.63) is 23.3 Å². The zero-order chi connectivity index (χ0) is 5.82. The lowest BCUT2D eigenvalue weighted by molar-refractivity contribution is 0.306. The summed E-state index contributed by atoms with van der Waals surface area (Å²) in [5, 5.41) is 2.04. The number of rotatable bonds is 1. The first kappa shape index (κ1) is 5.76. The van der Waals surface area contributed by atoms with E-state index < -0.39 is 0 Å². The van der Waals surface area contributed by atoms with Gasteiger partial charge in [-0.3, -0.25) is 0 Å². The van der Waals surface area contributed by atoms with Crippen LogP contribution >= 0.6 is 11.8 Å². The minimum Gasteiger partial charge on any atom is -0.497 e. The van der Waals surface area contributed by atoms with Crippen LogP contribution in [0.4, 0.5) is 0 Å². The second-order valence-corrected chi connectivity index (χ2v) is 2.39. The standard InChI is InChI=1S/C6H8OS/c1-7-6-2-4-8-5-3-6/h2-4H,5H2,1H3. The first-order chi connectivity index (χ1) is 3.93. The van der Waals surface area contributed by atoms with E-state index in [1.807, 2.05) is 11.5 Å². The van der Waals surface area contributed by atoms with Gasteiger partial charge in [0.25, 0.3) is 0 Å². The fourth-order valence-electron chi connectivity index (χ4n) is 0.520. The Hall–Kier alpha value is -0.370. The Kier molecular flexibility index (Phi) is 2.03. The van der Waals surface area contributed by atoms with E-state index in [0.717, 1.165) is 11.5 Å². The summed E-state index contributed by atoms with van der Waals surface area (Å²) in [6, 6.07) is 0. The van der Waals surface area contributed by atoms with Gasteiger partial charge in [-0.15, -0.1) is 11.8 Å². The Bertz CT molecular complexity index is 126. The molecule has 0 fully saturated rings. The van der Waals surface area contributed by atoms with E-state index in [0.29, 0.717) is 0 Å². The molecule has 0 aliphatic carbocycles. The van der Waals surface area contributed by atoms with E-state index in [-0.39, 0.29) is 0 Å². The number of ether oxygens (including phenoxy) is 1. The second kappa shape index (κ2) is 2.82. The van der Waals surface area contributed by atoms with Crippen molar-refractivity contribution in [2.75, 3.05) is 12.9 Å². The molecule has 2 heteroatoms. The summed E-state index contributed by atoms with van der Waals surface area (Å²) in [6.07, 6.45) is 4.03. The van der Waals surface area contributed by atoms with Gasteiger partial charge in [-0.2, -0.15) is 0 Å². The van der Waals surface area contributed by atoms with Crippen LogP contribution in [0.2, 0.25) is 0 Å². The number of methoxy groups -OCH3 is 1. The topological polar surface area (TPSA) is 9.23 Å². The normalized spacial score (nSPS) is 17.9. The van der Waals surface area contributed by atoms with Crippen molar-refractivity contribution in [3.8, 4) is 0 Å². The molecule has 0 aromatic heterocycles. The molecule has 0 aromatic rings. The monoisotopic (exact) mass is 128 g/mol. The highest BCUT2D eigenvalue weighted by Crippen LogP contribution is 2.13. The molecule has 0 amide bonds. The summed E-state index contributed by atoms with van der Waals surface area (Å²) < 4.78 is 4.95. The fourth-order valence-corrected chi connectivity index (χ4v) is 1.12. The maximum absolute atomic E-state index is 4.95. The Morgan fingerprint density at radius 1 is 1.75 bits per heavy atom. The maximum atomic E-state index is 4.95. The largest absolute Gasteiger partial charge is 0.497 e. The van der Waals surface area contributed by atoms with Crippen LogP contribution in [0.5, 0.6) is 0 Å². The summed E-state index contributed by atoms with van der Waals surface area (Å²) in [7, 11) is 1.69. The molecule has 0 bridgehead atoms. The number of hydrogen-bond donors (Lipinski definition) is 0. The summed E-state index contributed by atoms with van der Waals surface area (Å²) in [5.41, 5.74) is 0. The predicted octanol–water partition coefficient (Wildman–Crippen LogP) is 1.78. The predicted molar refractivity (Wildman–Crippen MR) is 36.7 cm³/mol. The number of hydrogen-bond acceptors (Lipinski definition) is 2. The highest BCUT2D eigenvalue weighted by molar-refractivity contribution is 8.02. The summed E-state index contributed by atoms with van der Waals surface area (Å²) in [5.74, 6) is 2.02. The van der Waals surface area contributed by atoms with Crippen molar-refractivity contribution in [2.24, 2.45) is 0 Å². The van der Waals surface area contributed by atoms with Crippen LogP contribution in [0, 0.1) is 0 Å². The average molecular weight is 128 g/mol. The van der Waals surface area contributed by atoms with Crippen LogP contribution in [0.1, 0.15) is 0 Å². The van der Waals surface area contributed by atoms with Crippen LogP contribution in [-0.4, -0.2) is 12.9 Å². The Balaban J connectivity index is 2.51. The van der Waals surface area contributed by atoms with Crippen molar-refractivity contribution in [3.63, 3.8) is 0 Å². The van der Waals surface area contributed by atoms with Crippen molar-refractivity contribution in [1.29, 1.82) is 0 Å². The van der Waals surface area contributed by atoms with Gasteiger partial charge in [-0.25, -0.2) is 0 Å². The average Bonchev–Trinajstić information content (AvgIpc) is 1.90. The quantitative estimate of drug-likeness (QED) is 0.532. The summed E-state index contributed by atoms with van der Waals surface area (Å²) in [4.78, 5) is 0. The van der Waals surface area contributed by atoms with Crippen LogP contribution in [0.15, 0.2) is 23.3 Å². The van der Waals surface area contributed by atoms with Gasteiger partial charge in [-0.1, -0.05) is 0 Å². The Labute approximate surface area is 53.4 Å². The minimum atomic E-state index is 0.976. The molecule has 1 rings (SSSR count). The fraction of sp³-hybridized carbons (Fsp3) is 0.333. The molecule has 0 unspecified atom stereocenters. The van der Waals surface area contributed by atoms with Gasteiger partial charge in [0, 0.05) is 5.75 Å². The van der Waals surface area contributed by atoms with Gasteiger partial charge < -0.3 is 4.74 Å². The highest BCUT2D eigenvalue weighted by Gasteiger charge is 1.92. The molecule has 8 heavy (non-hydrogen) atoms. The molecule has 1 heterocycles. The SMILES string of the molecule is COC1=CCSC=C1. The van der Waals surface area contributed by atoms with Crippen LogP contribution < -0.4 is 0 Å². The van der Waals surface area contributed by atoms with E-state index in [1.165, 1.54) is 0 Å². The summed E-state index contributed by atoms with van der Waals surface area (Å²) in [6.45, 7) is 0. The molecule has 0 radical (unpaired) electrons. The van der Waals surface area contributed by atoms with Crippen molar-refractivity contribution >= 4 is 11.8 Å². The smallest absolute Gasteiger partial charge is 0.116 e. The lowest BCUT2D eigenvalue weighted by Gasteiger charge is -2.02. The lowest BCUT2D eigenvalue weighted by atomic mass is 10.4. The number of allylic oxidation sites excluding steroid dienone is 1. The van der Waals surface area contributed by atoms with E-state index >= 15 is 0 Å². The third-order valence-electron chi connectivity index (χ3n) is 0.945. The lowest BCUT2D eigenvalue weighted by Crippen LogP contribution is -1.85. The Morgan fingerprint density at radius 2 is 2.62 bits per heavy atom. The zero-order valence-electron chi connectivity index (χ0n) is 4.76. The van der Waals surface area contributed by atoms with Crippen molar-refractivity contribution in [2.45, 2.75) is 0 Å². The van der Waals surface area contributed by atoms with Gasteiger partial charge >= 0.3 is 0 Å². The van der Waals surface area contributed by atoms with Gasteiger partial charge in [0.05, 0.1) is 7.11 Å². The van der Waals surface area contributed by atoms with Crippen LogP contribution in [0.25, 0.3) is 0 Å². The van der Waals surface area contributed by atoms with Gasteiger partial charge in [0.15, 0.2) is 0 Å². The molecular weight excluding hydrogens is 120 g/mol. The first-order valence-corrected chi connectivity index (χ1v) is 3.50. The molecular formula is C6H8OS. The number of thioether (sulfide) groups is 1. The second-order valence-electron chi connectivity index (χ2n) is 1.45. The Morgan fingerprint density at radius 3 is 3.00 bits per heavy atom. The molecule has 0 aromatic carbocycles. The molecule has 44 valence electrons. The van der Waals surface area contributed by atoms with Gasteiger partial charge in [0.1, 0.15) is 5.76 Å². The van der Waals surface area contributed by atoms with E-state index in [2.05, 4.69) is 6.08 Å². The van der Waals surface area contributed by atoms with Crippen molar-refractivity contribution in [1.82, 2.24) is 0 Å². The molecule has 1 aliphatic heterocycles. The van der Waals surface area contributed by atoms with Gasteiger partial charge in [-0.05, 0) is 17.6 Å². The highest BCUT2D eigenvalue weighted by atomic mass is 32.2. The van der Waals surface area contributed by atoms with E-state index in [1.54, 1.807) is 18.9 Å². The van der Waals surface area contributed by atoms with E-state index in [9.17, 15) is 0 Å². The van der Waals surface area contributed by atoms with Crippen molar-refractivity contribution < 1.29 is 4.74 Å². The molecule has 0 spiro atoms. The molecule has 1 nitrogen and oxygen atoms in total. The van der Waals surface area contributed by atoms with Crippen LogP contribution in [-0.2, 0) is 4.74 Å². The van der Waals surface area contributed by atoms with E-state index in [4.69, 9.17) is 4.74 Å². The molecule has 0 saturated carbocycles. The maximum Gasteiger partial charge on any atom is 0.116 e. The zero-order valence-corrected chi connectivity index (χ0v) is 5.57. The van der Waals surface area contributed by atoms with Gasteiger partial charge in [0.2, 0.25) is 0 Å². The molecule has 0 saturated heterocycles. The third kappa shape index (κ3) is 1.30. The van der Waals surface area contributed by atoms with Crippen LogP contribution in [0.3, 0.4) is 0 Å². The summed E-state index contributed by atoms with van der Waals surface area (Å²) >= 11 is 1.78. The first-order valence-electron chi connectivity index (χ1n) is 2.46.